The van der Waals surface area contributed by atoms with Crippen molar-refractivity contribution in [2.75, 3.05) is 0 Å². The van der Waals surface area contributed by atoms with Gasteiger partial charge in [-0.2, -0.15) is 0 Å². The first-order valence-electron chi connectivity index (χ1n) is 14.0. The maximum absolute atomic E-state index is 12.3. The Morgan fingerprint density at radius 2 is 0.842 bits per heavy atom. The van der Waals surface area contributed by atoms with E-state index in [9.17, 15) is 29.4 Å². The molecular weight excluding hydrogens is 492 g/mol. The minimum atomic E-state index is -0.735. The van der Waals surface area contributed by atoms with Gasteiger partial charge in [0.15, 0.2) is 0 Å². The number of hydrogen-bond acceptors (Lipinski definition) is 6. The molecule has 4 heterocycles. The second-order valence-corrected chi connectivity index (χ2v) is 13.3. The number of piperidine rings is 4. The van der Waals surface area contributed by atoms with Crippen molar-refractivity contribution in [1.82, 2.24) is 9.80 Å². The molecule has 0 aromatic heterocycles. The van der Waals surface area contributed by atoms with E-state index in [4.69, 9.17) is 9.47 Å². The van der Waals surface area contributed by atoms with Crippen molar-refractivity contribution in [3.05, 3.63) is 0 Å². The minimum absolute atomic E-state index is 0.0310. The second-order valence-electron chi connectivity index (χ2n) is 13.3. The van der Waals surface area contributed by atoms with Gasteiger partial charge in [0.25, 0.3) is 0 Å². The van der Waals surface area contributed by atoms with Gasteiger partial charge in [-0.1, -0.05) is 0 Å². The van der Waals surface area contributed by atoms with E-state index in [1.165, 1.54) is 0 Å². The van der Waals surface area contributed by atoms with E-state index in [1.54, 1.807) is 9.80 Å². The van der Waals surface area contributed by atoms with E-state index in [1.807, 2.05) is 41.5 Å². The highest BCUT2D eigenvalue weighted by Crippen LogP contribution is 2.39. The van der Waals surface area contributed by atoms with Crippen LogP contribution in [0.1, 0.15) is 106 Å². The van der Waals surface area contributed by atoms with Crippen LogP contribution in [0.4, 0.5) is 9.59 Å². The lowest BCUT2D eigenvalue weighted by Gasteiger charge is -2.47. The molecule has 4 saturated heterocycles. The molecule has 2 unspecified atom stereocenters. The molecule has 0 aromatic carbocycles. The Kier molecular flexibility index (Phi) is 9.24. The minimum Gasteiger partial charge on any atom is -0.481 e. The molecule has 0 spiro atoms. The number of rotatable bonds is 2. The molecule has 10 heteroatoms. The fourth-order valence-electron chi connectivity index (χ4n) is 6.39. The lowest BCUT2D eigenvalue weighted by atomic mass is 9.78. The van der Waals surface area contributed by atoms with Crippen LogP contribution in [0.25, 0.3) is 0 Å². The van der Waals surface area contributed by atoms with Crippen LogP contribution >= 0.6 is 0 Å². The highest BCUT2D eigenvalue weighted by Gasteiger charge is 2.45. The molecule has 0 radical (unpaired) electrons. The molecular formula is C28H46N2O8. The van der Waals surface area contributed by atoms with Gasteiger partial charge in [-0.25, -0.2) is 9.59 Å². The van der Waals surface area contributed by atoms with Crippen molar-refractivity contribution in [2.45, 2.75) is 141 Å². The summed E-state index contributed by atoms with van der Waals surface area (Å²) in [5.41, 5.74) is -1.01. The summed E-state index contributed by atoms with van der Waals surface area (Å²) in [6, 6.07) is 0.124. The summed E-state index contributed by atoms with van der Waals surface area (Å²) in [6.45, 7) is 11.1. The number of carboxylic acid groups (broad SMARTS) is 2. The summed E-state index contributed by atoms with van der Waals surface area (Å²) >= 11 is 0. The number of nitrogens with zero attached hydrogens (tertiary/aromatic N) is 2. The molecule has 4 aliphatic heterocycles. The Hall–Kier alpha value is -2.52. The standard InChI is InChI=1S/2C14H23NO4/c2*1-14(2,3)19-13(18)15-10-5-4-6-11(15)8-9(7-10)12(16)17/h2*9-11H,4-8H2,1-3H3,(H,16,17)/t2*9?,10-,11+. The molecule has 4 aliphatic rings. The van der Waals surface area contributed by atoms with Gasteiger partial charge in [0.05, 0.1) is 11.8 Å². The van der Waals surface area contributed by atoms with Gasteiger partial charge >= 0.3 is 24.1 Å². The largest absolute Gasteiger partial charge is 0.481 e. The van der Waals surface area contributed by atoms with Crippen LogP contribution in [0.5, 0.6) is 0 Å². The highest BCUT2D eigenvalue weighted by atomic mass is 16.6. The summed E-state index contributed by atoms with van der Waals surface area (Å²) in [5.74, 6) is -2.09. The Labute approximate surface area is 226 Å². The average Bonchev–Trinajstić information content (AvgIpc) is 2.75. The van der Waals surface area contributed by atoms with Crippen LogP contribution < -0.4 is 0 Å². The molecule has 216 valence electrons. The predicted octanol–water partition coefficient (Wildman–Crippen LogP) is 5.28. The van der Waals surface area contributed by atoms with Crippen LogP contribution in [-0.2, 0) is 19.1 Å². The summed E-state index contributed by atoms with van der Waals surface area (Å²) in [7, 11) is 0. The SMILES string of the molecule is CC(C)(C)OC(=O)N1[C@@H]2CCC[C@H]1CC(C(=O)O)C2.CC(C)(C)OC(=O)N1[C@@H]2CCC[C@H]1CC(C(=O)O)C2. The second kappa shape index (κ2) is 11.7. The zero-order valence-corrected chi connectivity index (χ0v) is 23.8. The van der Waals surface area contributed by atoms with Crippen molar-refractivity contribution in [2.24, 2.45) is 11.8 Å². The monoisotopic (exact) mass is 538 g/mol. The first kappa shape index (κ1) is 30.0. The van der Waals surface area contributed by atoms with Gasteiger partial charge in [-0.3, -0.25) is 9.59 Å². The molecule has 2 amide bonds. The van der Waals surface area contributed by atoms with Gasteiger partial charge in [-0.05, 0) is 106 Å². The van der Waals surface area contributed by atoms with Gasteiger partial charge in [0, 0.05) is 24.2 Å². The van der Waals surface area contributed by atoms with Crippen molar-refractivity contribution >= 4 is 24.1 Å². The maximum Gasteiger partial charge on any atom is 0.410 e. The smallest absolute Gasteiger partial charge is 0.410 e. The van der Waals surface area contributed by atoms with E-state index in [0.717, 1.165) is 38.5 Å². The van der Waals surface area contributed by atoms with Crippen LogP contribution in [0, 0.1) is 11.8 Å². The number of hydrogen-bond donors (Lipinski definition) is 2. The Morgan fingerprint density at radius 3 is 1.05 bits per heavy atom. The zero-order chi connectivity index (χ0) is 28.4. The van der Waals surface area contributed by atoms with Crippen LogP contribution in [0.15, 0.2) is 0 Å². The summed E-state index contributed by atoms with van der Waals surface area (Å²) in [4.78, 5) is 50.4. The zero-order valence-electron chi connectivity index (χ0n) is 23.8. The van der Waals surface area contributed by atoms with Gasteiger partial charge in [0.1, 0.15) is 11.2 Å². The summed E-state index contributed by atoms with van der Waals surface area (Å²) in [5, 5.41) is 18.3. The third kappa shape index (κ3) is 7.76. The van der Waals surface area contributed by atoms with Gasteiger partial charge < -0.3 is 29.5 Å². The molecule has 38 heavy (non-hydrogen) atoms. The Balaban J connectivity index is 0.000000211. The van der Waals surface area contributed by atoms with Gasteiger partial charge in [0.2, 0.25) is 0 Å². The maximum atomic E-state index is 12.3. The number of amides is 2. The fourth-order valence-corrected chi connectivity index (χ4v) is 6.39. The van der Waals surface area contributed by atoms with Crippen molar-refractivity contribution in [3.8, 4) is 0 Å². The lowest BCUT2D eigenvalue weighted by molar-refractivity contribution is -0.146. The van der Waals surface area contributed by atoms with Crippen molar-refractivity contribution in [1.29, 1.82) is 0 Å². The first-order chi connectivity index (χ1) is 17.6. The molecule has 4 rings (SSSR count). The average molecular weight is 539 g/mol. The molecule has 10 nitrogen and oxygen atoms in total. The summed E-state index contributed by atoms with van der Waals surface area (Å²) in [6.07, 6.45) is 7.36. The number of ether oxygens (including phenoxy) is 2. The van der Waals surface area contributed by atoms with E-state index in [0.29, 0.717) is 25.7 Å². The molecule has 4 bridgehead atoms. The van der Waals surface area contributed by atoms with Crippen LogP contribution in [0.2, 0.25) is 0 Å². The quantitative estimate of drug-likeness (QED) is 0.485. The number of carbonyl (C=O) groups excluding carboxylic acids is 2. The van der Waals surface area contributed by atoms with Crippen molar-refractivity contribution in [3.63, 3.8) is 0 Å². The molecule has 2 N–H and O–H groups in total. The lowest BCUT2D eigenvalue weighted by Crippen LogP contribution is -2.56. The number of carbonyl (C=O) groups is 4. The molecule has 4 fully saturated rings. The van der Waals surface area contributed by atoms with E-state index in [2.05, 4.69) is 0 Å². The van der Waals surface area contributed by atoms with E-state index in [-0.39, 0.29) is 48.2 Å². The predicted molar refractivity (Wildman–Crippen MR) is 140 cm³/mol. The molecule has 0 aliphatic carbocycles. The molecule has 6 atom stereocenters. The number of fused-ring (bicyclic) bond motifs is 4. The Morgan fingerprint density at radius 1 is 0.579 bits per heavy atom. The molecule has 0 aromatic rings. The summed E-state index contributed by atoms with van der Waals surface area (Å²) < 4.78 is 10.9. The van der Waals surface area contributed by atoms with Crippen molar-refractivity contribution < 1.29 is 38.9 Å². The van der Waals surface area contributed by atoms with Gasteiger partial charge in [-0.15, -0.1) is 0 Å². The Bertz CT molecular complexity index is 792. The molecule has 0 saturated carbocycles. The fraction of sp³-hybridized carbons (Fsp3) is 0.857. The number of carboxylic acids is 2. The van der Waals surface area contributed by atoms with Crippen LogP contribution in [-0.4, -0.2) is 79.5 Å². The third-order valence-electron chi connectivity index (χ3n) is 7.86. The van der Waals surface area contributed by atoms with E-state index < -0.39 is 23.1 Å². The third-order valence-corrected chi connectivity index (χ3v) is 7.86. The normalized spacial score (nSPS) is 30.9. The van der Waals surface area contributed by atoms with E-state index >= 15 is 0 Å². The highest BCUT2D eigenvalue weighted by molar-refractivity contribution is 5.73. The van der Waals surface area contributed by atoms with Crippen LogP contribution in [0.3, 0.4) is 0 Å². The topological polar surface area (TPSA) is 134 Å². The number of aliphatic carboxylic acids is 2. The first-order valence-corrected chi connectivity index (χ1v) is 14.0.